The molecule has 19 heavy (non-hydrogen) atoms. The minimum atomic E-state index is 0.0842. The summed E-state index contributed by atoms with van der Waals surface area (Å²) in [4.78, 5) is 14.7. The third kappa shape index (κ3) is 3.29. The molecule has 0 radical (unpaired) electrons. The number of nitrogens with one attached hydrogen (secondary N) is 1. The Bertz CT molecular complexity index is 341. The highest BCUT2D eigenvalue weighted by Crippen LogP contribution is 2.33. The average molecular weight is 266 g/mol. The Hall–Kier alpha value is -0.610. The van der Waals surface area contributed by atoms with Crippen LogP contribution in [0.2, 0.25) is 0 Å². The number of fused-ring (bicyclic) bond motifs is 2. The van der Waals surface area contributed by atoms with Crippen LogP contribution in [0, 0.1) is 17.8 Å². The summed E-state index contributed by atoms with van der Waals surface area (Å²) in [6.07, 6.45) is 3.88. The summed E-state index contributed by atoms with van der Waals surface area (Å²) in [7, 11) is 0. The maximum Gasteiger partial charge on any atom is 0.225 e. The Morgan fingerprint density at radius 1 is 1.37 bits per heavy atom. The first kappa shape index (κ1) is 13.4. The van der Waals surface area contributed by atoms with Crippen LogP contribution < -0.4 is 5.32 Å². The van der Waals surface area contributed by atoms with Crippen molar-refractivity contribution in [3.63, 3.8) is 0 Å². The fourth-order valence-corrected chi connectivity index (χ4v) is 3.38. The van der Waals surface area contributed by atoms with E-state index in [9.17, 15) is 4.79 Å². The molecule has 0 spiro atoms. The lowest BCUT2D eigenvalue weighted by molar-refractivity contribution is -0.128. The molecule has 3 fully saturated rings. The van der Waals surface area contributed by atoms with Crippen LogP contribution in [-0.4, -0.2) is 49.2 Å². The van der Waals surface area contributed by atoms with Crippen molar-refractivity contribution in [2.45, 2.75) is 45.3 Å². The summed E-state index contributed by atoms with van der Waals surface area (Å²) < 4.78 is 5.96. The van der Waals surface area contributed by atoms with Crippen molar-refractivity contribution in [3.05, 3.63) is 0 Å². The van der Waals surface area contributed by atoms with E-state index in [-0.39, 0.29) is 24.0 Å². The second-order valence-electron chi connectivity index (χ2n) is 6.94. The molecule has 2 bridgehead atoms. The van der Waals surface area contributed by atoms with Gasteiger partial charge in [0.25, 0.3) is 0 Å². The highest BCUT2D eigenvalue weighted by atomic mass is 16.5. The fraction of sp³-hybridized carbons (Fsp3) is 0.933. The molecule has 0 aromatic heterocycles. The van der Waals surface area contributed by atoms with Gasteiger partial charge in [0.05, 0.1) is 18.1 Å². The van der Waals surface area contributed by atoms with E-state index in [0.717, 1.165) is 38.5 Å². The molecule has 108 valence electrons. The van der Waals surface area contributed by atoms with E-state index in [1.165, 1.54) is 12.8 Å². The van der Waals surface area contributed by atoms with Crippen LogP contribution in [-0.2, 0) is 9.53 Å². The highest BCUT2D eigenvalue weighted by Gasteiger charge is 2.44. The van der Waals surface area contributed by atoms with Crippen molar-refractivity contribution < 1.29 is 9.53 Å². The van der Waals surface area contributed by atoms with Gasteiger partial charge < -0.3 is 10.1 Å². The number of rotatable bonds is 5. The van der Waals surface area contributed by atoms with Crippen LogP contribution in [0.25, 0.3) is 0 Å². The predicted molar refractivity (Wildman–Crippen MR) is 73.8 cm³/mol. The largest absolute Gasteiger partial charge is 0.371 e. The van der Waals surface area contributed by atoms with Crippen molar-refractivity contribution in [3.8, 4) is 0 Å². The maximum absolute atomic E-state index is 12.2. The molecule has 2 heterocycles. The molecule has 1 amide bonds. The second kappa shape index (κ2) is 5.41. The minimum absolute atomic E-state index is 0.0842. The zero-order chi connectivity index (χ0) is 13.4. The van der Waals surface area contributed by atoms with E-state index in [2.05, 4.69) is 24.1 Å². The lowest BCUT2D eigenvalue weighted by atomic mass is 9.99. The quantitative estimate of drug-likeness (QED) is 0.814. The summed E-state index contributed by atoms with van der Waals surface area (Å²) in [6, 6.07) is 0. The van der Waals surface area contributed by atoms with Gasteiger partial charge in [-0.2, -0.15) is 0 Å². The highest BCUT2D eigenvalue weighted by molar-refractivity contribution is 5.79. The molecule has 2 saturated heterocycles. The van der Waals surface area contributed by atoms with Crippen LogP contribution in [0.1, 0.15) is 33.1 Å². The van der Waals surface area contributed by atoms with E-state index in [0.29, 0.717) is 5.92 Å². The van der Waals surface area contributed by atoms with Gasteiger partial charge in [-0.25, -0.2) is 0 Å². The summed E-state index contributed by atoms with van der Waals surface area (Å²) in [6.45, 7) is 8.42. The SMILES string of the molecule is CC(C)CN1C[C@H]2C[C@@H](C(=O)NCC3CC3)[C@@H](C1)O2. The van der Waals surface area contributed by atoms with E-state index in [1.807, 2.05) is 0 Å². The monoisotopic (exact) mass is 266 g/mol. The van der Waals surface area contributed by atoms with Gasteiger partial charge in [0.15, 0.2) is 0 Å². The van der Waals surface area contributed by atoms with Gasteiger partial charge >= 0.3 is 0 Å². The van der Waals surface area contributed by atoms with E-state index < -0.39 is 0 Å². The molecule has 4 nitrogen and oxygen atoms in total. The zero-order valence-corrected chi connectivity index (χ0v) is 12.1. The molecule has 0 aromatic carbocycles. The molecule has 1 saturated carbocycles. The minimum Gasteiger partial charge on any atom is -0.371 e. The first-order valence-electron chi connectivity index (χ1n) is 7.77. The second-order valence-corrected chi connectivity index (χ2v) is 6.94. The van der Waals surface area contributed by atoms with Crippen LogP contribution in [0.5, 0.6) is 0 Å². The van der Waals surface area contributed by atoms with Gasteiger partial charge in [-0.1, -0.05) is 13.8 Å². The van der Waals surface area contributed by atoms with E-state index in [4.69, 9.17) is 4.74 Å². The maximum atomic E-state index is 12.2. The first-order valence-corrected chi connectivity index (χ1v) is 7.77. The summed E-state index contributed by atoms with van der Waals surface area (Å²) >= 11 is 0. The van der Waals surface area contributed by atoms with E-state index in [1.54, 1.807) is 0 Å². The van der Waals surface area contributed by atoms with Gasteiger partial charge in [0, 0.05) is 26.2 Å². The molecular formula is C15H26N2O2. The molecule has 3 aliphatic rings. The van der Waals surface area contributed by atoms with Crippen LogP contribution in [0.3, 0.4) is 0 Å². The molecule has 4 heteroatoms. The molecule has 0 unspecified atom stereocenters. The third-order valence-corrected chi connectivity index (χ3v) is 4.45. The smallest absolute Gasteiger partial charge is 0.225 e. The number of hydrogen-bond acceptors (Lipinski definition) is 3. The molecule has 2 aliphatic heterocycles. The number of likely N-dealkylation sites (tertiary alicyclic amines) is 1. The van der Waals surface area contributed by atoms with Crippen molar-refractivity contribution in [2.75, 3.05) is 26.2 Å². The summed E-state index contributed by atoms with van der Waals surface area (Å²) in [5, 5.41) is 3.12. The third-order valence-electron chi connectivity index (χ3n) is 4.45. The Balaban J connectivity index is 1.52. The summed E-state index contributed by atoms with van der Waals surface area (Å²) in [5.41, 5.74) is 0. The Morgan fingerprint density at radius 3 is 2.84 bits per heavy atom. The Kier molecular flexibility index (Phi) is 3.81. The fourth-order valence-electron chi connectivity index (χ4n) is 3.38. The predicted octanol–water partition coefficient (Wildman–Crippen LogP) is 1.26. The van der Waals surface area contributed by atoms with Crippen LogP contribution >= 0.6 is 0 Å². The number of hydrogen-bond donors (Lipinski definition) is 1. The Labute approximate surface area is 115 Å². The number of amides is 1. The van der Waals surface area contributed by atoms with Gasteiger partial charge in [-0.15, -0.1) is 0 Å². The number of nitrogens with zero attached hydrogens (tertiary/aromatic N) is 1. The molecule has 1 N–H and O–H groups in total. The van der Waals surface area contributed by atoms with Crippen molar-refractivity contribution in [2.24, 2.45) is 17.8 Å². The average Bonchev–Trinajstić information content (AvgIpc) is 3.11. The van der Waals surface area contributed by atoms with Crippen LogP contribution in [0.15, 0.2) is 0 Å². The van der Waals surface area contributed by atoms with Gasteiger partial charge in [0.1, 0.15) is 0 Å². The lowest BCUT2D eigenvalue weighted by Gasteiger charge is -2.33. The molecule has 3 rings (SSSR count). The topological polar surface area (TPSA) is 41.6 Å². The van der Waals surface area contributed by atoms with Gasteiger partial charge in [0.2, 0.25) is 5.91 Å². The van der Waals surface area contributed by atoms with Gasteiger partial charge in [-0.05, 0) is 31.1 Å². The number of morpholine rings is 1. The van der Waals surface area contributed by atoms with Crippen molar-refractivity contribution in [1.82, 2.24) is 10.2 Å². The van der Waals surface area contributed by atoms with E-state index >= 15 is 0 Å². The number of ether oxygens (including phenoxy) is 1. The number of carbonyl (C=O) groups is 1. The molecule has 0 aromatic rings. The van der Waals surface area contributed by atoms with Crippen molar-refractivity contribution in [1.29, 1.82) is 0 Å². The standard InChI is InChI=1S/C15H26N2O2/c1-10(2)7-17-8-12-5-13(14(9-17)19-12)15(18)16-6-11-3-4-11/h10-14H,3-9H2,1-2H3,(H,16,18)/t12-,13-,14-/m1/s1. The zero-order valence-electron chi connectivity index (χ0n) is 12.1. The lowest BCUT2D eigenvalue weighted by Crippen LogP contribution is -2.46. The van der Waals surface area contributed by atoms with Gasteiger partial charge in [-0.3, -0.25) is 9.69 Å². The molecule has 1 aliphatic carbocycles. The first-order chi connectivity index (χ1) is 9.11. The summed E-state index contributed by atoms with van der Waals surface area (Å²) in [5.74, 6) is 1.74. The molecular weight excluding hydrogens is 240 g/mol. The Morgan fingerprint density at radius 2 is 2.16 bits per heavy atom. The normalized spacial score (nSPS) is 34.8. The van der Waals surface area contributed by atoms with Crippen LogP contribution in [0.4, 0.5) is 0 Å². The number of carbonyl (C=O) groups excluding carboxylic acids is 1. The molecule has 3 atom stereocenters. The van der Waals surface area contributed by atoms with Crippen molar-refractivity contribution >= 4 is 5.91 Å².